The molecule has 2 heterocycles. The van der Waals surface area contributed by atoms with E-state index in [0.29, 0.717) is 43.6 Å². The molecule has 0 radical (unpaired) electrons. The SMILES string of the molecule is CCOCCNc1nc(SC)nc2c1cnn2CCNC(=O)c1cc(C)cc(C)c1. The number of hydrogen-bond acceptors (Lipinski definition) is 7. The lowest BCUT2D eigenvalue weighted by Gasteiger charge is -2.10. The molecule has 0 aliphatic rings. The van der Waals surface area contributed by atoms with E-state index in [2.05, 4.69) is 31.8 Å². The van der Waals surface area contributed by atoms with Gasteiger partial charge in [-0.15, -0.1) is 0 Å². The number of nitrogens with one attached hydrogen (secondary N) is 2. The van der Waals surface area contributed by atoms with Gasteiger partial charge >= 0.3 is 0 Å². The van der Waals surface area contributed by atoms with Gasteiger partial charge < -0.3 is 15.4 Å². The van der Waals surface area contributed by atoms with E-state index in [4.69, 9.17) is 4.74 Å². The summed E-state index contributed by atoms with van der Waals surface area (Å²) in [6.45, 7) is 8.86. The van der Waals surface area contributed by atoms with Crippen molar-refractivity contribution in [2.45, 2.75) is 32.5 Å². The van der Waals surface area contributed by atoms with Crippen molar-refractivity contribution in [2.24, 2.45) is 0 Å². The maximum atomic E-state index is 12.5. The Bertz CT molecular complexity index is 1000. The summed E-state index contributed by atoms with van der Waals surface area (Å²) in [6.07, 6.45) is 3.70. The zero-order valence-electron chi connectivity index (χ0n) is 17.9. The number of rotatable bonds is 10. The Hall–Kier alpha value is -2.65. The highest BCUT2D eigenvalue weighted by atomic mass is 32.2. The molecule has 8 nitrogen and oxygen atoms in total. The number of aryl methyl sites for hydroxylation is 2. The van der Waals surface area contributed by atoms with Gasteiger partial charge in [-0.1, -0.05) is 29.0 Å². The number of fused-ring (bicyclic) bond motifs is 1. The number of hydrogen-bond donors (Lipinski definition) is 2. The third-order valence-corrected chi connectivity index (χ3v) is 5.04. The number of carbonyl (C=O) groups excluding carboxylic acids is 1. The average molecular weight is 429 g/mol. The van der Waals surface area contributed by atoms with Crippen molar-refractivity contribution in [1.29, 1.82) is 0 Å². The molecular weight excluding hydrogens is 400 g/mol. The minimum absolute atomic E-state index is 0.0871. The van der Waals surface area contributed by atoms with E-state index in [9.17, 15) is 4.79 Å². The molecule has 0 atom stereocenters. The summed E-state index contributed by atoms with van der Waals surface area (Å²) in [6, 6.07) is 5.84. The summed E-state index contributed by atoms with van der Waals surface area (Å²) < 4.78 is 7.18. The van der Waals surface area contributed by atoms with E-state index in [1.54, 1.807) is 10.9 Å². The minimum Gasteiger partial charge on any atom is -0.380 e. The molecule has 0 bridgehead atoms. The van der Waals surface area contributed by atoms with Gasteiger partial charge in [0.25, 0.3) is 5.91 Å². The van der Waals surface area contributed by atoms with Crippen LogP contribution in [0.15, 0.2) is 29.6 Å². The average Bonchev–Trinajstić information content (AvgIpc) is 3.13. The maximum Gasteiger partial charge on any atom is 0.251 e. The first-order chi connectivity index (χ1) is 14.5. The van der Waals surface area contributed by atoms with Gasteiger partial charge in [-0.2, -0.15) is 5.10 Å². The number of nitrogens with zero attached hydrogens (tertiary/aromatic N) is 4. The zero-order valence-corrected chi connectivity index (χ0v) is 18.7. The smallest absolute Gasteiger partial charge is 0.251 e. The molecular formula is C21H28N6O2S. The van der Waals surface area contributed by atoms with Gasteiger partial charge in [-0.25, -0.2) is 14.6 Å². The van der Waals surface area contributed by atoms with E-state index in [1.807, 2.05) is 39.2 Å². The van der Waals surface area contributed by atoms with E-state index >= 15 is 0 Å². The van der Waals surface area contributed by atoms with E-state index in [1.165, 1.54) is 11.8 Å². The molecule has 9 heteroatoms. The molecule has 0 saturated heterocycles. The van der Waals surface area contributed by atoms with E-state index in [0.717, 1.165) is 28.0 Å². The fraction of sp³-hybridized carbons (Fsp3) is 0.429. The Balaban J connectivity index is 1.69. The van der Waals surface area contributed by atoms with E-state index in [-0.39, 0.29) is 5.91 Å². The van der Waals surface area contributed by atoms with Crippen LogP contribution in [0.5, 0.6) is 0 Å². The second kappa shape index (κ2) is 10.4. The molecule has 160 valence electrons. The van der Waals surface area contributed by atoms with Crippen molar-refractivity contribution >= 4 is 34.5 Å². The van der Waals surface area contributed by atoms with Gasteiger partial charge in [-0.05, 0) is 39.2 Å². The van der Waals surface area contributed by atoms with Crippen LogP contribution in [0.3, 0.4) is 0 Å². The molecule has 0 aliphatic carbocycles. The highest BCUT2D eigenvalue weighted by Gasteiger charge is 2.13. The highest BCUT2D eigenvalue weighted by molar-refractivity contribution is 7.98. The van der Waals surface area contributed by atoms with Crippen LogP contribution in [-0.2, 0) is 11.3 Å². The minimum atomic E-state index is -0.0871. The summed E-state index contributed by atoms with van der Waals surface area (Å²) in [7, 11) is 0. The van der Waals surface area contributed by atoms with Crippen molar-refractivity contribution in [3.63, 3.8) is 0 Å². The maximum absolute atomic E-state index is 12.5. The third-order valence-electron chi connectivity index (χ3n) is 4.49. The lowest BCUT2D eigenvalue weighted by Crippen LogP contribution is -2.27. The Morgan fingerprint density at radius 1 is 1.17 bits per heavy atom. The molecule has 0 spiro atoms. The number of aromatic nitrogens is 4. The van der Waals surface area contributed by atoms with Crippen molar-refractivity contribution < 1.29 is 9.53 Å². The van der Waals surface area contributed by atoms with Crippen LogP contribution < -0.4 is 10.6 Å². The highest BCUT2D eigenvalue weighted by Crippen LogP contribution is 2.23. The molecule has 1 aromatic carbocycles. The number of thioether (sulfide) groups is 1. The molecule has 3 rings (SSSR count). The van der Waals surface area contributed by atoms with E-state index < -0.39 is 0 Å². The Morgan fingerprint density at radius 3 is 2.63 bits per heavy atom. The van der Waals surface area contributed by atoms with Crippen LogP contribution in [0.1, 0.15) is 28.4 Å². The first-order valence-electron chi connectivity index (χ1n) is 9.97. The summed E-state index contributed by atoms with van der Waals surface area (Å²) in [5.74, 6) is 0.658. The molecule has 0 unspecified atom stereocenters. The van der Waals surface area contributed by atoms with Crippen LogP contribution in [-0.4, -0.2) is 58.2 Å². The number of anilines is 1. The van der Waals surface area contributed by atoms with Crippen LogP contribution in [0, 0.1) is 13.8 Å². The van der Waals surface area contributed by atoms with Crippen LogP contribution >= 0.6 is 11.8 Å². The van der Waals surface area contributed by atoms with Crippen LogP contribution in [0.4, 0.5) is 5.82 Å². The number of ether oxygens (including phenoxy) is 1. The van der Waals surface area contributed by atoms with Crippen molar-refractivity contribution in [3.05, 3.63) is 41.1 Å². The monoisotopic (exact) mass is 428 g/mol. The third kappa shape index (κ3) is 5.48. The van der Waals surface area contributed by atoms with Gasteiger partial charge in [0.15, 0.2) is 10.8 Å². The summed E-state index contributed by atoms with van der Waals surface area (Å²) in [5.41, 5.74) is 3.56. The Kier molecular flexibility index (Phi) is 7.64. The Morgan fingerprint density at radius 2 is 1.93 bits per heavy atom. The molecule has 0 aliphatic heterocycles. The topological polar surface area (TPSA) is 94.0 Å². The number of carbonyl (C=O) groups is 1. The predicted octanol–water partition coefficient (Wildman–Crippen LogP) is 3.04. The lowest BCUT2D eigenvalue weighted by molar-refractivity contribution is 0.0952. The van der Waals surface area contributed by atoms with Gasteiger partial charge in [0.05, 0.1) is 24.7 Å². The largest absolute Gasteiger partial charge is 0.380 e. The molecule has 0 saturated carbocycles. The molecule has 30 heavy (non-hydrogen) atoms. The second-order valence-electron chi connectivity index (χ2n) is 6.92. The zero-order chi connectivity index (χ0) is 21.5. The van der Waals surface area contributed by atoms with Crippen LogP contribution in [0.2, 0.25) is 0 Å². The van der Waals surface area contributed by atoms with Gasteiger partial charge in [0, 0.05) is 25.3 Å². The lowest BCUT2D eigenvalue weighted by atomic mass is 10.1. The normalized spacial score (nSPS) is 11.1. The number of amides is 1. The molecule has 2 N–H and O–H groups in total. The van der Waals surface area contributed by atoms with Gasteiger partial charge in [0.2, 0.25) is 0 Å². The van der Waals surface area contributed by atoms with Gasteiger partial charge in [-0.3, -0.25) is 4.79 Å². The second-order valence-corrected chi connectivity index (χ2v) is 7.69. The Labute approximate surface area is 180 Å². The number of benzene rings is 1. The summed E-state index contributed by atoms with van der Waals surface area (Å²) in [4.78, 5) is 21.6. The predicted molar refractivity (Wildman–Crippen MR) is 120 cm³/mol. The fourth-order valence-corrected chi connectivity index (χ4v) is 3.55. The first-order valence-corrected chi connectivity index (χ1v) is 11.2. The molecule has 1 amide bonds. The van der Waals surface area contributed by atoms with Crippen LogP contribution in [0.25, 0.3) is 11.0 Å². The quantitative estimate of drug-likeness (QED) is 0.291. The summed E-state index contributed by atoms with van der Waals surface area (Å²) in [5, 5.41) is 12.2. The molecule has 2 aromatic heterocycles. The first kappa shape index (κ1) is 22.0. The van der Waals surface area contributed by atoms with Gasteiger partial charge in [0.1, 0.15) is 5.82 Å². The van der Waals surface area contributed by atoms with Crippen molar-refractivity contribution in [1.82, 2.24) is 25.1 Å². The van der Waals surface area contributed by atoms with Crippen molar-refractivity contribution in [3.8, 4) is 0 Å². The standard InChI is InChI=1S/C21H28N6O2S/c1-5-29-9-7-22-18-17-13-24-27(19(17)26-21(25-18)30-4)8-6-23-20(28)16-11-14(2)10-15(3)12-16/h10-13H,5-9H2,1-4H3,(H,23,28)(H,22,25,26). The molecule has 3 aromatic rings. The molecule has 0 fully saturated rings. The fourth-order valence-electron chi connectivity index (χ4n) is 3.19. The van der Waals surface area contributed by atoms with Crippen molar-refractivity contribution in [2.75, 3.05) is 37.9 Å². The summed E-state index contributed by atoms with van der Waals surface area (Å²) >= 11 is 1.48.